The maximum absolute atomic E-state index is 12.6. The van der Waals surface area contributed by atoms with Gasteiger partial charge in [-0.1, -0.05) is 41.9 Å². The predicted octanol–water partition coefficient (Wildman–Crippen LogP) is 5.40. The van der Waals surface area contributed by atoms with Gasteiger partial charge in [0.15, 0.2) is 0 Å². The minimum atomic E-state index is -0.491. The zero-order valence-corrected chi connectivity index (χ0v) is 18.7. The zero-order chi connectivity index (χ0) is 22.5. The molecule has 160 valence electrons. The Morgan fingerprint density at radius 3 is 2.39 bits per heavy atom. The molecule has 0 radical (unpaired) electrons. The van der Waals surface area contributed by atoms with Crippen molar-refractivity contribution in [1.82, 2.24) is 9.78 Å². The summed E-state index contributed by atoms with van der Waals surface area (Å²) < 4.78 is 1.68. The van der Waals surface area contributed by atoms with Crippen molar-refractivity contribution in [1.29, 1.82) is 0 Å². The third kappa shape index (κ3) is 5.61. The predicted molar refractivity (Wildman–Crippen MR) is 125 cm³/mol. The number of amides is 2. The third-order valence-corrected chi connectivity index (χ3v) is 5.17. The summed E-state index contributed by atoms with van der Waals surface area (Å²) in [6.07, 6.45) is 1.54. The van der Waals surface area contributed by atoms with Gasteiger partial charge in [0, 0.05) is 17.5 Å². The Bertz CT molecular complexity index is 1140. The topological polar surface area (TPSA) is 76.0 Å². The quantitative estimate of drug-likeness (QED) is 0.508. The van der Waals surface area contributed by atoms with E-state index in [9.17, 15) is 9.59 Å². The number of nitrogens with one attached hydrogen (secondary N) is 2. The minimum Gasteiger partial charge on any atom is -0.323 e. The zero-order valence-electron chi connectivity index (χ0n) is 17.9. The first kappa shape index (κ1) is 22.3. The molecule has 1 atom stereocenters. The van der Waals surface area contributed by atoms with E-state index >= 15 is 0 Å². The van der Waals surface area contributed by atoms with Gasteiger partial charge in [-0.3, -0.25) is 14.3 Å². The minimum absolute atomic E-state index is 0.230. The average Bonchev–Trinajstić information content (AvgIpc) is 3.07. The Kier molecular flexibility index (Phi) is 6.92. The second kappa shape index (κ2) is 9.62. The van der Waals surface area contributed by atoms with Crippen LogP contribution in [0, 0.1) is 13.8 Å². The van der Waals surface area contributed by atoms with Crippen LogP contribution in [0.5, 0.6) is 0 Å². The van der Waals surface area contributed by atoms with Crippen LogP contribution >= 0.6 is 11.6 Å². The van der Waals surface area contributed by atoms with Gasteiger partial charge in [-0.2, -0.15) is 5.10 Å². The highest BCUT2D eigenvalue weighted by molar-refractivity contribution is 6.34. The second-order valence-electron chi connectivity index (χ2n) is 7.41. The molecule has 1 heterocycles. The van der Waals surface area contributed by atoms with E-state index in [2.05, 4.69) is 15.7 Å². The molecule has 1 unspecified atom stereocenters. The molecule has 2 aromatic carbocycles. The molecule has 3 aromatic rings. The number of halogens is 1. The number of carbonyl (C=O) groups is 2. The number of carbonyl (C=O) groups excluding carboxylic acids is 2. The van der Waals surface area contributed by atoms with Gasteiger partial charge in [0.2, 0.25) is 11.8 Å². The van der Waals surface area contributed by atoms with Crippen LogP contribution in [0.1, 0.15) is 36.8 Å². The molecule has 0 fully saturated rings. The number of hydrogen-bond acceptors (Lipinski definition) is 3. The van der Waals surface area contributed by atoms with E-state index in [0.29, 0.717) is 16.4 Å². The molecule has 2 amide bonds. The molecule has 0 bridgehead atoms. The summed E-state index contributed by atoms with van der Waals surface area (Å²) in [4.78, 5) is 25.0. The van der Waals surface area contributed by atoms with Gasteiger partial charge in [-0.25, -0.2) is 0 Å². The Morgan fingerprint density at radius 2 is 1.77 bits per heavy atom. The molecule has 31 heavy (non-hydrogen) atoms. The summed E-state index contributed by atoms with van der Waals surface area (Å²) in [5.74, 6) is -0.487. The van der Waals surface area contributed by atoms with Crippen LogP contribution in [-0.2, 0) is 9.59 Å². The van der Waals surface area contributed by atoms with E-state index < -0.39 is 6.04 Å². The third-order valence-electron chi connectivity index (χ3n) is 4.86. The van der Waals surface area contributed by atoms with Crippen LogP contribution < -0.4 is 10.6 Å². The number of aromatic nitrogens is 2. The lowest BCUT2D eigenvalue weighted by molar-refractivity contribution is -0.119. The molecule has 2 N–H and O–H groups in total. The second-order valence-corrected chi connectivity index (χ2v) is 7.82. The van der Waals surface area contributed by atoms with E-state index in [1.807, 2.05) is 57.2 Å². The smallest absolute Gasteiger partial charge is 0.248 e. The first-order valence-electron chi connectivity index (χ1n) is 9.92. The fourth-order valence-corrected chi connectivity index (χ4v) is 3.47. The van der Waals surface area contributed by atoms with E-state index in [4.69, 9.17) is 11.6 Å². The first-order chi connectivity index (χ1) is 14.7. The van der Waals surface area contributed by atoms with Gasteiger partial charge in [-0.15, -0.1) is 0 Å². The number of rotatable bonds is 6. The van der Waals surface area contributed by atoms with Crippen molar-refractivity contribution in [3.8, 4) is 0 Å². The maximum atomic E-state index is 12.6. The van der Waals surface area contributed by atoms with Crippen LogP contribution in [0.15, 0.2) is 60.7 Å². The Morgan fingerprint density at radius 1 is 1.06 bits per heavy atom. The van der Waals surface area contributed by atoms with Crippen LogP contribution in [-0.4, -0.2) is 21.6 Å². The highest BCUT2D eigenvalue weighted by Crippen LogP contribution is 2.27. The molecule has 1 aromatic heterocycles. The normalized spacial score (nSPS) is 12.4. The molecule has 0 saturated carbocycles. The van der Waals surface area contributed by atoms with Gasteiger partial charge in [-0.05, 0) is 63.1 Å². The molecular formula is C24H25ClN4O2. The summed E-state index contributed by atoms with van der Waals surface area (Å²) in [5, 5.41) is 10.3. The Balaban J connectivity index is 1.66. The maximum Gasteiger partial charge on any atom is 0.248 e. The molecule has 6 nitrogen and oxygen atoms in total. The number of benzene rings is 2. The van der Waals surface area contributed by atoms with Crippen molar-refractivity contribution < 1.29 is 9.59 Å². The van der Waals surface area contributed by atoms with Gasteiger partial charge < -0.3 is 10.6 Å². The first-order valence-corrected chi connectivity index (χ1v) is 10.3. The van der Waals surface area contributed by atoms with Crippen LogP contribution in [0.3, 0.4) is 0 Å². The molecule has 0 saturated heterocycles. The van der Waals surface area contributed by atoms with E-state index in [1.54, 1.807) is 29.8 Å². The molecule has 0 aliphatic heterocycles. The summed E-state index contributed by atoms with van der Waals surface area (Å²) in [6.45, 7) is 7.44. The molecule has 7 heteroatoms. The molecule has 0 spiro atoms. The fourth-order valence-electron chi connectivity index (χ4n) is 3.24. The van der Waals surface area contributed by atoms with Gasteiger partial charge in [0.05, 0.1) is 16.4 Å². The monoisotopic (exact) mass is 436 g/mol. The van der Waals surface area contributed by atoms with E-state index in [-0.39, 0.29) is 11.8 Å². The Labute approximate surface area is 186 Å². The summed E-state index contributed by atoms with van der Waals surface area (Å²) >= 11 is 6.34. The highest BCUT2D eigenvalue weighted by Gasteiger charge is 2.19. The van der Waals surface area contributed by atoms with Gasteiger partial charge in [0.25, 0.3) is 0 Å². The Hall–Kier alpha value is -3.38. The van der Waals surface area contributed by atoms with E-state index in [1.165, 1.54) is 6.08 Å². The van der Waals surface area contributed by atoms with Crippen LogP contribution in [0.25, 0.3) is 5.57 Å². The summed E-state index contributed by atoms with van der Waals surface area (Å²) in [6, 6.07) is 16.1. The molecule has 3 rings (SSSR count). The van der Waals surface area contributed by atoms with Crippen LogP contribution in [0.4, 0.5) is 11.4 Å². The van der Waals surface area contributed by atoms with Gasteiger partial charge in [0.1, 0.15) is 6.04 Å². The highest BCUT2D eigenvalue weighted by atomic mass is 35.5. The lowest BCUT2D eigenvalue weighted by Crippen LogP contribution is -2.25. The SMILES string of the molecule is C/C(=C\C(=O)Nc1ccc(NC(=O)C(C)n2nc(C)cc2C)c(Cl)c1)c1ccccc1. The van der Waals surface area contributed by atoms with Crippen molar-refractivity contribution in [2.45, 2.75) is 33.7 Å². The number of nitrogens with zero attached hydrogens (tertiary/aromatic N) is 2. The summed E-state index contributed by atoms with van der Waals surface area (Å²) in [7, 11) is 0. The lowest BCUT2D eigenvalue weighted by Gasteiger charge is -2.15. The van der Waals surface area contributed by atoms with Crippen molar-refractivity contribution in [2.75, 3.05) is 10.6 Å². The van der Waals surface area contributed by atoms with E-state index in [0.717, 1.165) is 22.5 Å². The van der Waals surface area contributed by atoms with Crippen molar-refractivity contribution in [3.05, 3.63) is 82.6 Å². The van der Waals surface area contributed by atoms with Crippen LogP contribution in [0.2, 0.25) is 5.02 Å². The van der Waals surface area contributed by atoms with Crippen molar-refractivity contribution in [2.24, 2.45) is 0 Å². The molecule has 0 aliphatic rings. The molecular weight excluding hydrogens is 412 g/mol. The largest absolute Gasteiger partial charge is 0.323 e. The average molecular weight is 437 g/mol. The molecule has 0 aliphatic carbocycles. The summed E-state index contributed by atoms with van der Waals surface area (Å²) in [5.41, 5.74) is 4.59. The van der Waals surface area contributed by atoms with Crippen molar-refractivity contribution in [3.63, 3.8) is 0 Å². The van der Waals surface area contributed by atoms with Gasteiger partial charge >= 0.3 is 0 Å². The number of allylic oxidation sites excluding steroid dienone is 1. The number of anilines is 2. The lowest BCUT2D eigenvalue weighted by atomic mass is 10.1. The van der Waals surface area contributed by atoms with Crippen molar-refractivity contribution >= 4 is 40.4 Å². The fraction of sp³-hybridized carbons (Fsp3) is 0.208. The standard InChI is InChI=1S/C24H25ClN4O2/c1-15(19-8-6-5-7-9-19)12-23(30)26-20-10-11-22(21(25)14-20)27-24(31)18(4)29-17(3)13-16(2)28-29/h5-14,18H,1-4H3,(H,26,30)(H,27,31)/b15-12+. The number of aryl methyl sites for hydroxylation is 2. The number of hydrogen-bond donors (Lipinski definition) is 2.